The summed E-state index contributed by atoms with van der Waals surface area (Å²) in [7, 11) is 1.70. The Balaban J connectivity index is 2.14. The van der Waals surface area contributed by atoms with Gasteiger partial charge in [0.1, 0.15) is 5.75 Å². The van der Waals surface area contributed by atoms with Crippen LogP contribution in [0.15, 0.2) is 18.2 Å². The van der Waals surface area contributed by atoms with Crippen LogP contribution in [0, 0.1) is 0 Å². The summed E-state index contributed by atoms with van der Waals surface area (Å²) in [6, 6.07) is 6.51. The second kappa shape index (κ2) is 4.11. The number of rotatable bonds is 3. The highest BCUT2D eigenvalue weighted by Crippen LogP contribution is 2.26. The summed E-state index contributed by atoms with van der Waals surface area (Å²) >= 11 is 0. The summed E-state index contributed by atoms with van der Waals surface area (Å²) in [6.07, 6.45) is 1.30. The van der Waals surface area contributed by atoms with Gasteiger partial charge in [-0.2, -0.15) is 0 Å². The Morgan fingerprint density at radius 3 is 2.87 bits per heavy atom. The van der Waals surface area contributed by atoms with E-state index in [1.807, 2.05) is 18.2 Å². The molecule has 3 nitrogen and oxygen atoms in total. The molecule has 0 amide bonds. The number of likely N-dealkylation sites (tertiary alicyclic amines) is 1. The molecule has 0 radical (unpaired) electrons. The molecule has 0 saturated carbocycles. The topological polar surface area (TPSA) is 38.5 Å². The quantitative estimate of drug-likeness (QED) is 0.767. The van der Waals surface area contributed by atoms with Crippen molar-refractivity contribution in [2.45, 2.75) is 25.9 Å². The molecular formula is C12H18N2O. The van der Waals surface area contributed by atoms with Gasteiger partial charge in [0.05, 0.1) is 7.11 Å². The van der Waals surface area contributed by atoms with Crippen molar-refractivity contribution in [3.05, 3.63) is 23.8 Å². The molecule has 1 saturated heterocycles. The van der Waals surface area contributed by atoms with Gasteiger partial charge in [-0.3, -0.25) is 4.90 Å². The van der Waals surface area contributed by atoms with Gasteiger partial charge in [-0.25, -0.2) is 0 Å². The lowest BCUT2D eigenvalue weighted by Gasteiger charge is -2.38. The normalized spacial score (nSPS) is 21.1. The molecule has 1 fully saturated rings. The van der Waals surface area contributed by atoms with E-state index in [4.69, 9.17) is 10.5 Å². The molecule has 1 unspecified atom stereocenters. The maximum Gasteiger partial charge on any atom is 0.123 e. The highest BCUT2D eigenvalue weighted by Gasteiger charge is 2.24. The van der Waals surface area contributed by atoms with Crippen LogP contribution in [0.25, 0.3) is 0 Å². The minimum absolute atomic E-state index is 0.691. The molecule has 1 aliphatic heterocycles. The number of nitrogens with two attached hydrogens (primary N) is 1. The fraction of sp³-hybridized carbons (Fsp3) is 0.500. The summed E-state index contributed by atoms with van der Waals surface area (Å²) in [5, 5.41) is 0. The van der Waals surface area contributed by atoms with E-state index in [-0.39, 0.29) is 0 Å². The first-order chi connectivity index (χ1) is 7.20. The monoisotopic (exact) mass is 206 g/mol. The molecule has 0 bridgehead atoms. The number of hydrogen-bond donors (Lipinski definition) is 1. The predicted molar refractivity (Wildman–Crippen MR) is 61.9 cm³/mol. The van der Waals surface area contributed by atoms with E-state index in [1.54, 1.807) is 7.11 Å². The molecule has 1 aromatic carbocycles. The molecular weight excluding hydrogens is 188 g/mol. The molecule has 2 N–H and O–H groups in total. The van der Waals surface area contributed by atoms with Gasteiger partial charge in [-0.15, -0.1) is 0 Å². The molecule has 3 heteroatoms. The number of ether oxygens (including phenoxy) is 1. The molecule has 1 heterocycles. The molecule has 0 aromatic heterocycles. The number of benzene rings is 1. The summed E-state index contributed by atoms with van der Waals surface area (Å²) in [4.78, 5) is 2.43. The second-order valence-corrected chi connectivity index (χ2v) is 4.18. The molecule has 1 aromatic rings. The van der Waals surface area contributed by atoms with E-state index < -0.39 is 0 Å². The molecule has 2 rings (SSSR count). The fourth-order valence-corrected chi connectivity index (χ4v) is 1.95. The van der Waals surface area contributed by atoms with Crippen molar-refractivity contribution < 1.29 is 4.74 Å². The predicted octanol–water partition coefficient (Wildman–Crippen LogP) is 1.87. The lowest BCUT2D eigenvalue weighted by Crippen LogP contribution is -2.44. The summed E-state index contributed by atoms with van der Waals surface area (Å²) in [6.45, 7) is 4.37. The molecule has 0 aliphatic carbocycles. The first-order valence-corrected chi connectivity index (χ1v) is 5.37. The van der Waals surface area contributed by atoms with Crippen molar-refractivity contribution in [3.8, 4) is 5.75 Å². The van der Waals surface area contributed by atoms with Crippen molar-refractivity contribution in [2.75, 3.05) is 19.4 Å². The average Bonchev–Trinajstić information content (AvgIpc) is 2.24. The summed E-state index contributed by atoms with van der Waals surface area (Å²) in [5.74, 6) is 0.934. The van der Waals surface area contributed by atoms with Crippen molar-refractivity contribution in [2.24, 2.45) is 0 Å². The van der Waals surface area contributed by atoms with Crippen molar-refractivity contribution in [1.29, 1.82) is 0 Å². The second-order valence-electron chi connectivity index (χ2n) is 4.18. The van der Waals surface area contributed by atoms with Crippen LogP contribution in [0.4, 0.5) is 5.69 Å². The summed E-state index contributed by atoms with van der Waals surface area (Å²) < 4.78 is 5.32. The van der Waals surface area contributed by atoms with Gasteiger partial charge >= 0.3 is 0 Å². The van der Waals surface area contributed by atoms with E-state index in [1.165, 1.54) is 18.5 Å². The van der Waals surface area contributed by atoms with Crippen LogP contribution in [0.1, 0.15) is 18.9 Å². The zero-order valence-electron chi connectivity index (χ0n) is 9.36. The minimum atomic E-state index is 0.691. The maximum atomic E-state index is 5.78. The van der Waals surface area contributed by atoms with Gasteiger partial charge in [0.15, 0.2) is 0 Å². The Labute approximate surface area is 90.8 Å². The first-order valence-electron chi connectivity index (χ1n) is 5.37. The Morgan fingerprint density at radius 2 is 2.33 bits per heavy atom. The van der Waals surface area contributed by atoms with Crippen molar-refractivity contribution in [1.82, 2.24) is 4.90 Å². The van der Waals surface area contributed by atoms with E-state index in [2.05, 4.69) is 11.8 Å². The SMILES string of the molecule is COc1ccc(N)cc1CN1CCC1C. The minimum Gasteiger partial charge on any atom is -0.496 e. The number of nitrogen functional groups attached to an aromatic ring is 1. The zero-order chi connectivity index (χ0) is 10.8. The van der Waals surface area contributed by atoms with Gasteiger partial charge in [0.25, 0.3) is 0 Å². The Hall–Kier alpha value is -1.22. The summed E-state index contributed by atoms with van der Waals surface area (Å²) in [5.41, 5.74) is 7.77. The number of hydrogen-bond acceptors (Lipinski definition) is 3. The largest absolute Gasteiger partial charge is 0.496 e. The van der Waals surface area contributed by atoms with Gasteiger partial charge in [0.2, 0.25) is 0 Å². The number of nitrogens with zero attached hydrogens (tertiary/aromatic N) is 1. The van der Waals surface area contributed by atoms with Gasteiger partial charge in [0, 0.05) is 30.4 Å². The number of methoxy groups -OCH3 is 1. The van der Waals surface area contributed by atoms with Crippen LogP contribution in [0.2, 0.25) is 0 Å². The molecule has 1 atom stereocenters. The third-order valence-electron chi connectivity index (χ3n) is 3.14. The third kappa shape index (κ3) is 2.07. The lowest BCUT2D eigenvalue weighted by atomic mass is 10.0. The fourth-order valence-electron chi connectivity index (χ4n) is 1.95. The van der Waals surface area contributed by atoms with Gasteiger partial charge in [-0.05, 0) is 31.5 Å². The highest BCUT2D eigenvalue weighted by molar-refractivity contribution is 5.47. The zero-order valence-corrected chi connectivity index (χ0v) is 9.36. The first kappa shape index (κ1) is 10.3. The van der Waals surface area contributed by atoms with E-state index in [0.29, 0.717) is 6.04 Å². The Kier molecular flexibility index (Phi) is 2.82. The molecule has 1 aliphatic rings. The third-order valence-corrected chi connectivity index (χ3v) is 3.14. The smallest absolute Gasteiger partial charge is 0.123 e. The lowest BCUT2D eigenvalue weighted by molar-refractivity contribution is 0.0949. The van der Waals surface area contributed by atoms with E-state index in [0.717, 1.165) is 18.0 Å². The Morgan fingerprint density at radius 1 is 1.53 bits per heavy atom. The van der Waals surface area contributed by atoms with Crippen molar-refractivity contribution >= 4 is 5.69 Å². The van der Waals surface area contributed by atoms with Crippen LogP contribution in [0.5, 0.6) is 5.75 Å². The van der Waals surface area contributed by atoms with E-state index >= 15 is 0 Å². The average molecular weight is 206 g/mol. The van der Waals surface area contributed by atoms with Crippen LogP contribution in [-0.2, 0) is 6.54 Å². The Bertz CT molecular complexity index is 351. The molecule has 0 spiro atoms. The maximum absolute atomic E-state index is 5.78. The van der Waals surface area contributed by atoms with Crippen LogP contribution < -0.4 is 10.5 Å². The van der Waals surface area contributed by atoms with Crippen molar-refractivity contribution in [3.63, 3.8) is 0 Å². The highest BCUT2D eigenvalue weighted by atomic mass is 16.5. The molecule has 15 heavy (non-hydrogen) atoms. The molecule has 82 valence electrons. The van der Waals surface area contributed by atoms with Gasteiger partial charge < -0.3 is 10.5 Å². The van der Waals surface area contributed by atoms with Gasteiger partial charge in [-0.1, -0.05) is 0 Å². The van der Waals surface area contributed by atoms with Crippen LogP contribution >= 0.6 is 0 Å². The van der Waals surface area contributed by atoms with Crippen LogP contribution in [-0.4, -0.2) is 24.6 Å². The van der Waals surface area contributed by atoms with E-state index in [9.17, 15) is 0 Å². The number of anilines is 1. The standard InChI is InChI=1S/C12H18N2O/c1-9-5-6-14(9)8-10-7-11(13)3-4-12(10)15-2/h3-4,7,9H,5-6,8,13H2,1-2H3. The van der Waals surface area contributed by atoms with Crippen LogP contribution in [0.3, 0.4) is 0 Å².